The Labute approximate surface area is 97.8 Å². The quantitative estimate of drug-likeness (QED) is 0.744. The minimum Gasteiger partial charge on any atom is -0.349 e. The molecule has 1 fully saturated rings. The maximum Gasteiger partial charge on any atom is 0.223 e. The van der Waals surface area contributed by atoms with Gasteiger partial charge in [-0.15, -0.1) is 11.6 Å². The third kappa shape index (κ3) is 3.37. The molecule has 0 bridgehead atoms. The summed E-state index contributed by atoms with van der Waals surface area (Å²) < 4.78 is 0. The zero-order valence-corrected chi connectivity index (χ0v) is 10.7. The summed E-state index contributed by atoms with van der Waals surface area (Å²) in [4.78, 5) is 11.7. The van der Waals surface area contributed by atoms with Crippen molar-refractivity contribution < 1.29 is 4.79 Å². The number of hydrogen-bond acceptors (Lipinski definition) is 1. The van der Waals surface area contributed by atoms with Crippen LogP contribution in [0.25, 0.3) is 0 Å². The SMILES string of the molecule is CC1CCC(CCl)(NC(=O)C(C)C)CC1. The van der Waals surface area contributed by atoms with E-state index in [1.807, 2.05) is 13.8 Å². The van der Waals surface area contributed by atoms with Crippen LogP contribution in [0.2, 0.25) is 0 Å². The monoisotopic (exact) mass is 231 g/mol. The van der Waals surface area contributed by atoms with Gasteiger partial charge in [0, 0.05) is 11.8 Å². The molecule has 0 aromatic rings. The Balaban J connectivity index is 2.57. The van der Waals surface area contributed by atoms with Gasteiger partial charge in [0.1, 0.15) is 0 Å². The highest BCUT2D eigenvalue weighted by Gasteiger charge is 2.35. The number of carbonyl (C=O) groups excluding carboxylic acids is 1. The number of alkyl halides is 1. The van der Waals surface area contributed by atoms with Crippen LogP contribution in [0.3, 0.4) is 0 Å². The molecule has 0 spiro atoms. The number of rotatable bonds is 3. The van der Waals surface area contributed by atoms with Crippen molar-refractivity contribution in [1.29, 1.82) is 0 Å². The topological polar surface area (TPSA) is 29.1 Å². The first-order valence-corrected chi connectivity index (χ1v) is 6.40. The predicted molar refractivity (Wildman–Crippen MR) is 64.1 cm³/mol. The van der Waals surface area contributed by atoms with Crippen LogP contribution in [-0.2, 0) is 4.79 Å². The standard InChI is InChI=1S/C12H22ClNO/c1-9(2)11(15)14-12(8-13)6-4-10(3)5-7-12/h9-10H,4-8H2,1-3H3,(H,14,15). The summed E-state index contributed by atoms with van der Waals surface area (Å²) in [6.45, 7) is 6.11. The van der Waals surface area contributed by atoms with Crippen LogP contribution < -0.4 is 5.32 Å². The largest absolute Gasteiger partial charge is 0.349 e. The molecule has 1 amide bonds. The summed E-state index contributed by atoms with van der Waals surface area (Å²) in [5, 5.41) is 3.13. The van der Waals surface area contributed by atoms with Gasteiger partial charge in [0.2, 0.25) is 5.91 Å². The van der Waals surface area contributed by atoms with Gasteiger partial charge in [0.05, 0.1) is 5.54 Å². The Morgan fingerprint density at radius 1 is 1.47 bits per heavy atom. The number of nitrogens with one attached hydrogen (secondary N) is 1. The summed E-state index contributed by atoms with van der Waals surface area (Å²) in [6.07, 6.45) is 4.39. The molecule has 0 radical (unpaired) electrons. The van der Waals surface area contributed by atoms with Crippen molar-refractivity contribution >= 4 is 17.5 Å². The maximum atomic E-state index is 11.7. The van der Waals surface area contributed by atoms with E-state index in [0.717, 1.165) is 18.8 Å². The van der Waals surface area contributed by atoms with E-state index in [-0.39, 0.29) is 17.4 Å². The van der Waals surface area contributed by atoms with Gasteiger partial charge >= 0.3 is 0 Å². The fraction of sp³-hybridized carbons (Fsp3) is 0.917. The lowest BCUT2D eigenvalue weighted by molar-refractivity contribution is -0.126. The number of carbonyl (C=O) groups is 1. The number of amides is 1. The Morgan fingerprint density at radius 3 is 2.40 bits per heavy atom. The molecule has 3 heteroatoms. The fourth-order valence-corrected chi connectivity index (χ4v) is 2.35. The summed E-state index contributed by atoms with van der Waals surface area (Å²) in [6, 6.07) is 0. The van der Waals surface area contributed by atoms with E-state index in [1.54, 1.807) is 0 Å². The summed E-state index contributed by atoms with van der Waals surface area (Å²) >= 11 is 6.02. The molecule has 0 aromatic carbocycles. The summed E-state index contributed by atoms with van der Waals surface area (Å²) in [5.74, 6) is 1.49. The minimum absolute atomic E-state index is 0.0458. The maximum absolute atomic E-state index is 11.7. The van der Waals surface area contributed by atoms with Crippen LogP contribution in [0, 0.1) is 11.8 Å². The molecule has 15 heavy (non-hydrogen) atoms. The predicted octanol–water partition coefficient (Wildman–Crippen LogP) is 2.95. The zero-order chi connectivity index (χ0) is 11.5. The van der Waals surface area contributed by atoms with Crippen LogP contribution in [0.4, 0.5) is 0 Å². The second-order valence-corrected chi connectivity index (χ2v) is 5.51. The average Bonchev–Trinajstić information content (AvgIpc) is 2.21. The average molecular weight is 232 g/mol. The first kappa shape index (κ1) is 12.8. The Hall–Kier alpha value is -0.240. The van der Waals surface area contributed by atoms with Gasteiger partial charge in [0.15, 0.2) is 0 Å². The van der Waals surface area contributed by atoms with E-state index in [4.69, 9.17) is 11.6 Å². The minimum atomic E-state index is -0.130. The molecule has 0 saturated heterocycles. The first-order chi connectivity index (χ1) is 6.99. The van der Waals surface area contributed by atoms with Gasteiger partial charge < -0.3 is 5.32 Å². The third-order valence-electron chi connectivity index (χ3n) is 3.40. The van der Waals surface area contributed by atoms with Gasteiger partial charge in [-0.05, 0) is 31.6 Å². The van der Waals surface area contributed by atoms with Crippen molar-refractivity contribution in [3.63, 3.8) is 0 Å². The van der Waals surface area contributed by atoms with E-state index in [1.165, 1.54) is 12.8 Å². The molecular formula is C12H22ClNO. The third-order valence-corrected chi connectivity index (χ3v) is 3.91. The molecule has 0 aromatic heterocycles. The second-order valence-electron chi connectivity index (χ2n) is 5.24. The molecule has 2 nitrogen and oxygen atoms in total. The highest BCUT2D eigenvalue weighted by Crippen LogP contribution is 2.32. The Kier molecular flexibility index (Phi) is 4.45. The van der Waals surface area contributed by atoms with E-state index < -0.39 is 0 Å². The van der Waals surface area contributed by atoms with Crippen molar-refractivity contribution in [1.82, 2.24) is 5.32 Å². The van der Waals surface area contributed by atoms with Crippen molar-refractivity contribution in [2.24, 2.45) is 11.8 Å². The van der Waals surface area contributed by atoms with Crippen molar-refractivity contribution in [2.45, 2.75) is 52.0 Å². The van der Waals surface area contributed by atoms with Gasteiger partial charge in [-0.2, -0.15) is 0 Å². The molecule has 0 atom stereocenters. The highest BCUT2D eigenvalue weighted by molar-refractivity contribution is 6.18. The normalized spacial score (nSPS) is 31.7. The fourth-order valence-electron chi connectivity index (χ4n) is 2.01. The summed E-state index contributed by atoms with van der Waals surface area (Å²) in [7, 11) is 0. The highest BCUT2D eigenvalue weighted by atomic mass is 35.5. The van der Waals surface area contributed by atoms with Crippen molar-refractivity contribution in [3.8, 4) is 0 Å². The molecule has 0 aliphatic heterocycles. The van der Waals surface area contributed by atoms with Crippen LogP contribution in [0.15, 0.2) is 0 Å². The lowest BCUT2D eigenvalue weighted by atomic mass is 9.78. The van der Waals surface area contributed by atoms with E-state index in [2.05, 4.69) is 12.2 Å². The first-order valence-electron chi connectivity index (χ1n) is 5.87. The molecule has 1 aliphatic carbocycles. The van der Waals surface area contributed by atoms with E-state index in [9.17, 15) is 4.79 Å². The molecule has 1 aliphatic rings. The lowest BCUT2D eigenvalue weighted by Crippen LogP contribution is -2.53. The smallest absolute Gasteiger partial charge is 0.223 e. The molecule has 88 valence electrons. The number of hydrogen-bond donors (Lipinski definition) is 1. The van der Waals surface area contributed by atoms with Gasteiger partial charge in [-0.1, -0.05) is 20.8 Å². The van der Waals surface area contributed by atoms with Crippen LogP contribution in [0.1, 0.15) is 46.5 Å². The van der Waals surface area contributed by atoms with Crippen LogP contribution >= 0.6 is 11.6 Å². The van der Waals surface area contributed by atoms with Gasteiger partial charge in [-0.3, -0.25) is 4.79 Å². The molecule has 1 N–H and O–H groups in total. The second kappa shape index (κ2) is 5.20. The van der Waals surface area contributed by atoms with Gasteiger partial charge in [-0.25, -0.2) is 0 Å². The van der Waals surface area contributed by atoms with E-state index in [0.29, 0.717) is 5.88 Å². The lowest BCUT2D eigenvalue weighted by Gasteiger charge is -2.39. The van der Waals surface area contributed by atoms with Crippen molar-refractivity contribution in [3.05, 3.63) is 0 Å². The van der Waals surface area contributed by atoms with E-state index >= 15 is 0 Å². The zero-order valence-electron chi connectivity index (χ0n) is 9.98. The van der Waals surface area contributed by atoms with Crippen LogP contribution in [0.5, 0.6) is 0 Å². The molecule has 0 unspecified atom stereocenters. The molecule has 0 heterocycles. The van der Waals surface area contributed by atoms with Crippen LogP contribution in [-0.4, -0.2) is 17.3 Å². The Morgan fingerprint density at radius 2 is 2.00 bits per heavy atom. The summed E-state index contributed by atoms with van der Waals surface area (Å²) in [5.41, 5.74) is -0.130. The molecule has 1 rings (SSSR count). The molecule has 1 saturated carbocycles. The number of halogens is 1. The molecular weight excluding hydrogens is 210 g/mol. The Bertz CT molecular complexity index is 220. The van der Waals surface area contributed by atoms with Crippen molar-refractivity contribution in [2.75, 3.05) is 5.88 Å². The van der Waals surface area contributed by atoms with Gasteiger partial charge in [0.25, 0.3) is 0 Å².